The summed E-state index contributed by atoms with van der Waals surface area (Å²) in [5, 5.41) is 0. The second-order valence-electron chi connectivity index (χ2n) is 1.13. The lowest BCUT2D eigenvalue weighted by atomic mass is 10.4. The Morgan fingerprint density at radius 2 is 2.14 bits per heavy atom. The highest BCUT2D eigenvalue weighted by Crippen LogP contribution is 2.07. The molecule has 40 valence electrons. The minimum atomic E-state index is -0.295. The third-order valence-corrected chi connectivity index (χ3v) is 0.943. The van der Waals surface area contributed by atoms with Crippen molar-refractivity contribution in [1.82, 2.24) is 0 Å². The average molecular weight is 137 g/mol. The lowest BCUT2D eigenvalue weighted by Gasteiger charge is -1.90. The summed E-state index contributed by atoms with van der Waals surface area (Å²) in [4.78, 5) is -0.295. The standard InChI is InChI=1S/C5H6Cl2/c1-2-3-4-5(6)7/h1,5H,3-4H2. The van der Waals surface area contributed by atoms with Crippen LogP contribution < -0.4 is 0 Å². The molecule has 0 heterocycles. The minimum absolute atomic E-state index is 0.295. The zero-order chi connectivity index (χ0) is 5.70. The molecule has 0 fully saturated rings. The zero-order valence-electron chi connectivity index (χ0n) is 3.82. The fourth-order valence-corrected chi connectivity index (χ4v) is 0.411. The van der Waals surface area contributed by atoms with Crippen LogP contribution in [0.15, 0.2) is 0 Å². The Bertz CT molecular complexity index is 70.6. The van der Waals surface area contributed by atoms with Crippen LogP contribution in [-0.4, -0.2) is 4.84 Å². The average Bonchev–Trinajstić information content (AvgIpc) is 1.61. The largest absolute Gasteiger partial charge is 0.120 e. The SMILES string of the molecule is C#CCCC(Cl)Cl. The van der Waals surface area contributed by atoms with Gasteiger partial charge in [0.2, 0.25) is 0 Å². The van der Waals surface area contributed by atoms with Gasteiger partial charge in [-0.1, -0.05) is 0 Å². The van der Waals surface area contributed by atoms with E-state index in [1.807, 2.05) is 0 Å². The topological polar surface area (TPSA) is 0 Å². The van der Waals surface area contributed by atoms with Crippen molar-refractivity contribution in [3.8, 4) is 12.3 Å². The summed E-state index contributed by atoms with van der Waals surface area (Å²) in [6.45, 7) is 0. The third kappa shape index (κ3) is 6.14. The molecule has 7 heavy (non-hydrogen) atoms. The molecular weight excluding hydrogens is 131 g/mol. The maximum Gasteiger partial charge on any atom is 0.108 e. The Morgan fingerprint density at radius 1 is 1.57 bits per heavy atom. The highest BCUT2D eigenvalue weighted by Gasteiger charge is 1.93. The first kappa shape index (κ1) is 7.14. The summed E-state index contributed by atoms with van der Waals surface area (Å²) in [7, 11) is 0. The highest BCUT2D eigenvalue weighted by atomic mass is 35.5. The Kier molecular flexibility index (Phi) is 4.39. The Hall–Kier alpha value is 0.140. The van der Waals surface area contributed by atoms with Gasteiger partial charge < -0.3 is 0 Å². The van der Waals surface area contributed by atoms with Gasteiger partial charge in [0.15, 0.2) is 0 Å². The highest BCUT2D eigenvalue weighted by molar-refractivity contribution is 6.44. The van der Waals surface area contributed by atoms with E-state index in [9.17, 15) is 0 Å². The van der Waals surface area contributed by atoms with E-state index in [-0.39, 0.29) is 4.84 Å². The van der Waals surface area contributed by atoms with E-state index in [0.29, 0.717) is 12.8 Å². The minimum Gasteiger partial charge on any atom is -0.120 e. The van der Waals surface area contributed by atoms with Gasteiger partial charge in [-0.25, -0.2) is 0 Å². The molecule has 0 atom stereocenters. The van der Waals surface area contributed by atoms with E-state index in [1.165, 1.54) is 0 Å². The Labute approximate surface area is 53.8 Å². The van der Waals surface area contributed by atoms with E-state index in [2.05, 4.69) is 5.92 Å². The Balaban J connectivity index is 2.86. The maximum atomic E-state index is 5.33. The molecule has 0 bridgehead atoms. The van der Waals surface area contributed by atoms with Crippen LogP contribution in [0.2, 0.25) is 0 Å². The summed E-state index contributed by atoms with van der Waals surface area (Å²) in [5.41, 5.74) is 0. The van der Waals surface area contributed by atoms with Crippen molar-refractivity contribution in [3.05, 3.63) is 0 Å². The number of halogens is 2. The first-order valence-corrected chi connectivity index (χ1v) is 2.86. The number of hydrogen-bond acceptors (Lipinski definition) is 0. The summed E-state index contributed by atoms with van der Waals surface area (Å²) in [6.07, 6.45) is 6.27. The fourth-order valence-electron chi connectivity index (χ4n) is 0.192. The molecule has 0 spiro atoms. The molecule has 0 saturated carbocycles. The number of rotatable bonds is 2. The van der Waals surface area contributed by atoms with Gasteiger partial charge in [-0.05, 0) is 6.42 Å². The molecule has 0 N–H and O–H groups in total. The van der Waals surface area contributed by atoms with Crippen LogP contribution >= 0.6 is 23.2 Å². The molecule has 0 aromatic carbocycles. The van der Waals surface area contributed by atoms with E-state index >= 15 is 0 Å². The van der Waals surface area contributed by atoms with Crippen LogP contribution in [0.1, 0.15) is 12.8 Å². The van der Waals surface area contributed by atoms with Crippen LogP contribution in [-0.2, 0) is 0 Å². The van der Waals surface area contributed by atoms with Gasteiger partial charge in [0.05, 0.1) is 0 Å². The molecule has 0 unspecified atom stereocenters. The van der Waals surface area contributed by atoms with Gasteiger partial charge in [0.25, 0.3) is 0 Å². The molecule has 0 amide bonds. The van der Waals surface area contributed by atoms with Crippen molar-refractivity contribution in [2.45, 2.75) is 17.7 Å². The molecule has 0 aliphatic heterocycles. The number of hydrogen-bond donors (Lipinski definition) is 0. The molecule has 0 aliphatic carbocycles. The van der Waals surface area contributed by atoms with Crippen molar-refractivity contribution >= 4 is 23.2 Å². The van der Waals surface area contributed by atoms with E-state index in [4.69, 9.17) is 29.6 Å². The predicted molar refractivity (Wildman–Crippen MR) is 33.6 cm³/mol. The molecule has 0 aliphatic rings. The maximum absolute atomic E-state index is 5.33. The lowest BCUT2D eigenvalue weighted by molar-refractivity contribution is 0.947. The van der Waals surface area contributed by atoms with Crippen molar-refractivity contribution in [1.29, 1.82) is 0 Å². The second-order valence-corrected chi connectivity index (χ2v) is 2.41. The van der Waals surface area contributed by atoms with Crippen LogP contribution in [0.3, 0.4) is 0 Å². The smallest absolute Gasteiger partial charge is 0.108 e. The van der Waals surface area contributed by atoms with E-state index < -0.39 is 0 Å². The first-order valence-electron chi connectivity index (χ1n) is 1.99. The molecule has 0 saturated heterocycles. The first-order chi connectivity index (χ1) is 3.27. The summed E-state index contributed by atoms with van der Waals surface area (Å²) >= 11 is 10.7. The second kappa shape index (κ2) is 4.30. The molecule has 0 rings (SSSR count). The third-order valence-electron chi connectivity index (χ3n) is 0.507. The van der Waals surface area contributed by atoms with Crippen LogP contribution in [0.4, 0.5) is 0 Å². The molecule has 2 heteroatoms. The van der Waals surface area contributed by atoms with Gasteiger partial charge in [-0.3, -0.25) is 0 Å². The molecule has 0 aromatic heterocycles. The molecular formula is C5H6Cl2. The van der Waals surface area contributed by atoms with Crippen molar-refractivity contribution in [3.63, 3.8) is 0 Å². The predicted octanol–water partition coefficient (Wildman–Crippen LogP) is 2.20. The van der Waals surface area contributed by atoms with Gasteiger partial charge >= 0.3 is 0 Å². The molecule has 0 aromatic rings. The zero-order valence-corrected chi connectivity index (χ0v) is 5.34. The summed E-state index contributed by atoms with van der Waals surface area (Å²) in [6, 6.07) is 0. The van der Waals surface area contributed by atoms with Crippen molar-refractivity contribution < 1.29 is 0 Å². The van der Waals surface area contributed by atoms with E-state index in [0.717, 1.165) is 0 Å². The quantitative estimate of drug-likeness (QED) is 0.404. The monoisotopic (exact) mass is 136 g/mol. The van der Waals surface area contributed by atoms with Crippen molar-refractivity contribution in [2.24, 2.45) is 0 Å². The molecule has 0 nitrogen and oxygen atoms in total. The van der Waals surface area contributed by atoms with Gasteiger partial charge in [0, 0.05) is 6.42 Å². The lowest BCUT2D eigenvalue weighted by Crippen LogP contribution is -1.82. The van der Waals surface area contributed by atoms with Crippen LogP contribution in [0.25, 0.3) is 0 Å². The Morgan fingerprint density at radius 3 is 2.29 bits per heavy atom. The van der Waals surface area contributed by atoms with Gasteiger partial charge in [0.1, 0.15) is 4.84 Å². The fraction of sp³-hybridized carbons (Fsp3) is 0.600. The number of terminal acetylenes is 1. The van der Waals surface area contributed by atoms with E-state index in [1.54, 1.807) is 0 Å². The number of alkyl halides is 2. The summed E-state index contributed by atoms with van der Waals surface area (Å²) in [5.74, 6) is 2.43. The normalized spacial score (nSPS) is 8.86. The van der Waals surface area contributed by atoms with Crippen LogP contribution in [0.5, 0.6) is 0 Å². The molecule has 0 radical (unpaired) electrons. The van der Waals surface area contributed by atoms with Crippen LogP contribution in [0, 0.1) is 12.3 Å². The summed E-state index contributed by atoms with van der Waals surface area (Å²) < 4.78 is 0. The van der Waals surface area contributed by atoms with Crippen molar-refractivity contribution in [2.75, 3.05) is 0 Å². The van der Waals surface area contributed by atoms with Gasteiger partial charge in [-0.2, -0.15) is 0 Å². The van der Waals surface area contributed by atoms with Gasteiger partial charge in [-0.15, -0.1) is 35.5 Å².